The highest BCUT2D eigenvalue weighted by Crippen LogP contribution is 2.58. The van der Waals surface area contributed by atoms with E-state index in [1.54, 1.807) is 0 Å². The van der Waals surface area contributed by atoms with Gasteiger partial charge in [0.1, 0.15) is 5.60 Å². The molecule has 0 bridgehead atoms. The van der Waals surface area contributed by atoms with Crippen molar-refractivity contribution < 1.29 is 14.3 Å². The molecule has 1 heterocycles. The predicted molar refractivity (Wildman–Crippen MR) is 51.8 cm³/mol. The monoisotopic (exact) mass is 198 g/mol. The summed E-state index contributed by atoms with van der Waals surface area (Å²) in [6.07, 6.45) is 2.38. The molecule has 0 spiro atoms. The highest BCUT2D eigenvalue weighted by atomic mass is 16.6. The largest absolute Gasteiger partial charge is 0.469 e. The minimum Gasteiger partial charge on any atom is -0.469 e. The molecule has 1 saturated heterocycles. The van der Waals surface area contributed by atoms with Gasteiger partial charge < -0.3 is 9.47 Å². The number of hydrogen-bond donors (Lipinski definition) is 0. The number of esters is 1. The molecule has 2 rings (SSSR count). The third-order valence-electron chi connectivity index (χ3n) is 3.82. The van der Waals surface area contributed by atoms with Crippen LogP contribution in [0.4, 0.5) is 0 Å². The second kappa shape index (κ2) is 2.72. The molecule has 14 heavy (non-hydrogen) atoms. The van der Waals surface area contributed by atoms with Gasteiger partial charge in [0.15, 0.2) is 0 Å². The van der Waals surface area contributed by atoms with Crippen LogP contribution in [0.3, 0.4) is 0 Å². The van der Waals surface area contributed by atoms with E-state index < -0.39 is 0 Å². The summed E-state index contributed by atoms with van der Waals surface area (Å²) in [6, 6.07) is 0. The first-order valence-corrected chi connectivity index (χ1v) is 5.17. The van der Waals surface area contributed by atoms with Gasteiger partial charge in [-0.05, 0) is 25.2 Å². The lowest BCUT2D eigenvalue weighted by Crippen LogP contribution is -2.45. The van der Waals surface area contributed by atoms with Crippen LogP contribution in [0.15, 0.2) is 0 Å². The Morgan fingerprint density at radius 1 is 1.43 bits per heavy atom. The van der Waals surface area contributed by atoms with Crippen LogP contribution in [0, 0.1) is 11.3 Å². The summed E-state index contributed by atoms with van der Waals surface area (Å²) in [6.45, 7) is 6.27. The van der Waals surface area contributed by atoms with Gasteiger partial charge in [-0.25, -0.2) is 0 Å². The van der Waals surface area contributed by atoms with Crippen molar-refractivity contribution >= 4 is 5.97 Å². The van der Waals surface area contributed by atoms with E-state index in [1.807, 2.05) is 6.92 Å². The normalized spacial score (nSPS) is 44.0. The summed E-state index contributed by atoms with van der Waals surface area (Å²) < 4.78 is 10.5. The van der Waals surface area contributed by atoms with Gasteiger partial charge in [-0.15, -0.1) is 0 Å². The molecule has 1 aliphatic carbocycles. The third kappa shape index (κ3) is 1.18. The Morgan fingerprint density at radius 2 is 2.07 bits per heavy atom. The Morgan fingerprint density at radius 3 is 2.64 bits per heavy atom. The van der Waals surface area contributed by atoms with Crippen molar-refractivity contribution in [2.75, 3.05) is 7.11 Å². The van der Waals surface area contributed by atoms with Crippen LogP contribution in [0.2, 0.25) is 0 Å². The molecule has 0 N–H and O–H groups in total. The molecule has 0 amide bonds. The maximum Gasteiger partial charge on any atom is 0.312 e. The Kier molecular flexibility index (Phi) is 1.94. The molecular weight excluding hydrogens is 180 g/mol. The molecule has 0 aromatic rings. The fourth-order valence-corrected chi connectivity index (χ4v) is 2.97. The summed E-state index contributed by atoms with van der Waals surface area (Å²) in [5.74, 6) is -0.238. The van der Waals surface area contributed by atoms with Crippen LogP contribution in [-0.2, 0) is 14.3 Å². The lowest BCUT2D eigenvalue weighted by atomic mass is 9.64. The molecular formula is C11H18O3. The topological polar surface area (TPSA) is 38.8 Å². The van der Waals surface area contributed by atoms with E-state index in [1.165, 1.54) is 7.11 Å². The van der Waals surface area contributed by atoms with Crippen molar-refractivity contribution in [1.82, 2.24) is 0 Å². The van der Waals surface area contributed by atoms with Crippen molar-refractivity contribution in [1.29, 1.82) is 0 Å². The van der Waals surface area contributed by atoms with E-state index in [0.717, 1.165) is 12.8 Å². The van der Waals surface area contributed by atoms with Gasteiger partial charge in [0.25, 0.3) is 0 Å². The van der Waals surface area contributed by atoms with Crippen LogP contribution < -0.4 is 0 Å². The summed E-state index contributed by atoms with van der Waals surface area (Å²) in [5.41, 5.74) is -0.260. The van der Waals surface area contributed by atoms with E-state index in [2.05, 4.69) is 13.8 Å². The molecule has 1 aliphatic heterocycles. The molecule has 0 aromatic carbocycles. The van der Waals surface area contributed by atoms with E-state index in [0.29, 0.717) is 0 Å². The zero-order valence-corrected chi connectivity index (χ0v) is 9.29. The van der Waals surface area contributed by atoms with Crippen molar-refractivity contribution in [3.63, 3.8) is 0 Å². The fourth-order valence-electron chi connectivity index (χ4n) is 2.97. The second-order valence-electron chi connectivity index (χ2n) is 5.27. The van der Waals surface area contributed by atoms with Gasteiger partial charge in [0.05, 0.1) is 19.1 Å². The molecule has 3 nitrogen and oxygen atoms in total. The molecule has 0 radical (unpaired) electrons. The average molecular weight is 198 g/mol. The number of hydrogen-bond acceptors (Lipinski definition) is 3. The first kappa shape index (κ1) is 9.97. The van der Waals surface area contributed by atoms with E-state index >= 15 is 0 Å². The van der Waals surface area contributed by atoms with Crippen LogP contribution in [0.1, 0.15) is 33.6 Å². The Labute approximate surface area is 84.8 Å². The van der Waals surface area contributed by atoms with E-state index in [4.69, 9.17) is 9.47 Å². The molecule has 0 unspecified atom stereocenters. The van der Waals surface area contributed by atoms with Crippen LogP contribution in [0.5, 0.6) is 0 Å². The Bertz CT molecular complexity index is 267. The number of carbonyl (C=O) groups is 1. The lowest BCUT2D eigenvalue weighted by molar-refractivity contribution is -0.153. The number of epoxide rings is 1. The second-order valence-corrected chi connectivity index (χ2v) is 5.27. The van der Waals surface area contributed by atoms with Gasteiger partial charge in [-0.3, -0.25) is 4.79 Å². The summed E-state index contributed by atoms with van der Waals surface area (Å²) in [4.78, 5) is 11.7. The first-order chi connectivity index (χ1) is 6.42. The first-order valence-electron chi connectivity index (χ1n) is 5.17. The molecule has 2 aliphatic rings. The smallest absolute Gasteiger partial charge is 0.312 e. The summed E-state index contributed by atoms with van der Waals surface area (Å²) in [5, 5.41) is 0. The standard InChI is InChI=1S/C11H18O3/c1-10(2)6-5-7-11(3,14-7)8(10)9(12)13-4/h7-8H,5-6H2,1-4H3/t7-,8+,11-/m0/s1. The average Bonchev–Trinajstić information content (AvgIpc) is 2.74. The van der Waals surface area contributed by atoms with Gasteiger partial charge >= 0.3 is 5.97 Å². The van der Waals surface area contributed by atoms with Crippen LogP contribution in [-0.4, -0.2) is 24.8 Å². The highest BCUT2D eigenvalue weighted by Gasteiger charge is 2.67. The number of fused-ring (bicyclic) bond motifs is 1. The molecule has 3 heteroatoms. The van der Waals surface area contributed by atoms with Crippen molar-refractivity contribution in [3.05, 3.63) is 0 Å². The maximum atomic E-state index is 11.7. The minimum absolute atomic E-state index is 0.00512. The highest BCUT2D eigenvalue weighted by molar-refractivity contribution is 5.75. The number of rotatable bonds is 1. The van der Waals surface area contributed by atoms with Crippen LogP contribution >= 0.6 is 0 Å². The molecule has 0 aromatic heterocycles. The zero-order chi connectivity index (χ0) is 10.6. The Balaban J connectivity index is 2.27. The molecule has 2 fully saturated rings. The Hall–Kier alpha value is -0.570. The molecule has 1 saturated carbocycles. The predicted octanol–water partition coefficient (Wildman–Crippen LogP) is 1.75. The van der Waals surface area contributed by atoms with Crippen molar-refractivity contribution in [2.45, 2.75) is 45.3 Å². The van der Waals surface area contributed by atoms with Crippen LogP contribution in [0.25, 0.3) is 0 Å². The number of carbonyl (C=O) groups excluding carboxylic acids is 1. The van der Waals surface area contributed by atoms with E-state index in [-0.39, 0.29) is 29.0 Å². The fraction of sp³-hybridized carbons (Fsp3) is 0.909. The molecule has 3 atom stereocenters. The number of ether oxygens (including phenoxy) is 2. The SMILES string of the molecule is COC(=O)[C@@H]1C(C)(C)CC[C@@H]2O[C@@]21C. The van der Waals surface area contributed by atoms with Gasteiger partial charge in [0.2, 0.25) is 0 Å². The zero-order valence-electron chi connectivity index (χ0n) is 9.29. The van der Waals surface area contributed by atoms with Crippen molar-refractivity contribution in [2.24, 2.45) is 11.3 Å². The minimum atomic E-state index is -0.255. The lowest BCUT2D eigenvalue weighted by Gasteiger charge is -2.38. The molecule has 80 valence electrons. The summed E-state index contributed by atoms with van der Waals surface area (Å²) in [7, 11) is 1.45. The number of methoxy groups -OCH3 is 1. The van der Waals surface area contributed by atoms with E-state index in [9.17, 15) is 4.79 Å². The van der Waals surface area contributed by atoms with Gasteiger partial charge in [0, 0.05) is 0 Å². The van der Waals surface area contributed by atoms with Gasteiger partial charge in [-0.1, -0.05) is 13.8 Å². The maximum absolute atomic E-state index is 11.7. The quantitative estimate of drug-likeness (QED) is 0.476. The summed E-state index contributed by atoms with van der Waals surface area (Å²) >= 11 is 0. The van der Waals surface area contributed by atoms with Gasteiger partial charge in [-0.2, -0.15) is 0 Å². The van der Waals surface area contributed by atoms with Crippen molar-refractivity contribution in [3.8, 4) is 0 Å². The third-order valence-corrected chi connectivity index (χ3v) is 3.82.